The van der Waals surface area contributed by atoms with Gasteiger partial charge in [0, 0.05) is 19.6 Å². The van der Waals surface area contributed by atoms with Crippen LogP contribution in [0, 0.1) is 5.92 Å². The van der Waals surface area contributed by atoms with Crippen LogP contribution in [0.5, 0.6) is 0 Å². The van der Waals surface area contributed by atoms with Crippen LogP contribution in [0.3, 0.4) is 0 Å². The second-order valence-corrected chi connectivity index (χ2v) is 10.2. The molecule has 1 saturated heterocycles. The number of carbonyl (C=O) groups excluding carboxylic acids is 2. The zero-order valence-electron chi connectivity index (χ0n) is 17.6. The first-order chi connectivity index (χ1) is 14.4. The Hall–Kier alpha value is -1.93. The zero-order valence-corrected chi connectivity index (χ0v) is 18.5. The van der Waals surface area contributed by atoms with E-state index in [0.717, 1.165) is 32.1 Å². The molecule has 0 unspecified atom stereocenters. The van der Waals surface area contributed by atoms with Crippen molar-refractivity contribution in [2.24, 2.45) is 5.92 Å². The molecule has 166 valence electrons. The molecule has 1 aliphatic heterocycles. The summed E-state index contributed by atoms with van der Waals surface area (Å²) in [4.78, 5) is 24.9. The van der Waals surface area contributed by atoms with Crippen LogP contribution in [0.2, 0.25) is 0 Å². The van der Waals surface area contributed by atoms with Gasteiger partial charge in [0.25, 0.3) is 5.91 Å². The Morgan fingerprint density at radius 1 is 1.10 bits per heavy atom. The fraction of sp³-hybridized carbons (Fsp3) is 0.636. The van der Waals surface area contributed by atoms with Crippen LogP contribution in [-0.4, -0.2) is 50.3 Å². The normalized spacial score (nSPS) is 19.8. The van der Waals surface area contributed by atoms with Gasteiger partial charge in [0.1, 0.15) is 0 Å². The molecule has 1 N–H and O–H groups in total. The van der Waals surface area contributed by atoms with Crippen molar-refractivity contribution in [2.45, 2.75) is 69.3 Å². The van der Waals surface area contributed by atoms with Gasteiger partial charge in [-0.15, -0.1) is 0 Å². The molecule has 1 aliphatic carbocycles. The second-order valence-electron chi connectivity index (χ2n) is 8.29. The number of sulfonamides is 1. The summed E-state index contributed by atoms with van der Waals surface area (Å²) in [5.74, 6) is -0.542. The van der Waals surface area contributed by atoms with Gasteiger partial charge in [-0.3, -0.25) is 4.79 Å². The molecule has 1 heterocycles. The van der Waals surface area contributed by atoms with Crippen molar-refractivity contribution in [3.05, 3.63) is 29.8 Å². The highest BCUT2D eigenvalue weighted by atomic mass is 32.2. The number of benzene rings is 1. The summed E-state index contributed by atoms with van der Waals surface area (Å²) in [7, 11) is -3.64. The third-order valence-electron chi connectivity index (χ3n) is 5.97. The molecule has 7 nitrogen and oxygen atoms in total. The number of nitrogens with zero attached hydrogens (tertiary/aromatic N) is 1. The number of ether oxygens (including phenoxy) is 1. The number of nitrogens with one attached hydrogen (secondary N) is 1. The summed E-state index contributed by atoms with van der Waals surface area (Å²) in [5.41, 5.74) is 0.125. The van der Waals surface area contributed by atoms with Crippen LogP contribution >= 0.6 is 0 Å². The number of carbonyl (C=O) groups is 2. The summed E-state index contributed by atoms with van der Waals surface area (Å²) in [6.07, 6.45) is 7.65. The molecule has 30 heavy (non-hydrogen) atoms. The lowest BCUT2D eigenvalue weighted by atomic mass is 9.89. The molecule has 1 aromatic carbocycles. The molecular weight excluding hydrogens is 404 g/mol. The number of hydrogen-bond acceptors (Lipinski definition) is 5. The highest BCUT2D eigenvalue weighted by Gasteiger charge is 2.27. The van der Waals surface area contributed by atoms with Crippen molar-refractivity contribution < 1.29 is 22.7 Å². The van der Waals surface area contributed by atoms with Gasteiger partial charge in [0.2, 0.25) is 10.0 Å². The topological polar surface area (TPSA) is 92.8 Å². The van der Waals surface area contributed by atoms with Crippen molar-refractivity contribution in [1.82, 2.24) is 9.62 Å². The zero-order chi connectivity index (χ0) is 21.6. The monoisotopic (exact) mass is 436 g/mol. The molecule has 0 spiro atoms. The first kappa shape index (κ1) is 22.7. The lowest BCUT2D eigenvalue weighted by molar-refractivity contribution is -0.129. The number of esters is 1. The minimum Gasteiger partial charge on any atom is -0.449 e. The Labute approximate surface area is 179 Å². The van der Waals surface area contributed by atoms with E-state index in [2.05, 4.69) is 5.32 Å². The van der Waals surface area contributed by atoms with E-state index in [-0.39, 0.29) is 16.4 Å². The standard InChI is InChI=1S/C22H32N2O5S/c1-17(21(25)23-16-18-9-4-2-5-10-18)29-22(26)19-11-8-12-20(15-19)30(27,28)24-13-6-3-7-14-24/h8,11-12,15,17-18H,2-7,9-10,13-14,16H2,1H3,(H,23,25)/t17-/m1/s1. The third kappa shape index (κ3) is 5.82. The van der Waals surface area contributed by atoms with Crippen LogP contribution < -0.4 is 5.32 Å². The molecular formula is C22H32N2O5S. The Balaban J connectivity index is 1.58. The van der Waals surface area contributed by atoms with E-state index in [1.54, 1.807) is 0 Å². The Morgan fingerprint density at radius 3 is 2.47 bits per heavy atom. The summed E-state index contributed by atoms with van der Waals surface area (Å²) < 4.78 is 32.4. The third-order valence-corrected chi connectivity index (χ3v) is 7.86. The van der Waals surface area contributed by atoms with Crippen LogP contribution in [0.25, 0.3) is 0 Å². The summed E-state index contributed by atoms with van der Waals surface area (Å²) in [6, 6.07) is 5.85. The van der Waals surface area contributed by atoms with Crippen LogP contribution in [0.1, 0.15) is 68.6 Å². The fourth-order valence-electron chi connectivity index (χ4n) is 4.10. The molecule has 1 atom stereocenters. The van der Waals surface area contributed by atoms with Gasteiger partial charge < -0.3 is 10.1 Å². The lowest BCUT2D eigenvalue weighted by Gasteiger charge is -2.26. The van der Waals surface area contributed by atoms with Crippen molar-refractivity contribution in [1.29, 1.82) is 0 Å². The summed E-state index contributed by atoms with van der Waals surface area (Å²) >= 11 is 0. The summed E-state index contributed by atoms with van der Waals surface area (Å²) in [6.45, 7) is 3.12. The predicted octanol–water partition coefficient (Wildman–Crippen LogP) is 3.10. The highest BCUT2D eigenvalue weighted by Crippen LogP contribution is 2.23. The van der Waals surface area contributed by atoms with Gasteiger partial charge >= 0.3 is 5.97 Å². The first-order valence-corrected chi connectivity index (χ1v) is 12.4. The maximum atomic E-state index is 12.8. The number of piperidine rings is 1. The average Bonchev–Trinajstić information content (AvgIpc) is 2.78. The Kier molecular flexibility index (Phi) is 7.88. The van der Waals surface area contributed by atoms with Gasteiger partial charge in [-0.1, -0.05) is 31.7 Å². The van der Waals surface area contributed by atoms with E-state index in [1.165, 1.54) is 54.8 Å². The van der Waals surface area contributed by atoms with Crippen molar-refractivity contribution >= 4 is 21.9 Å². The Morgan fingerprint density at radius 2 is 1.77 bits per heavy atom. The van der Waals surface area contributed by atoms with Gasteiger partial charge in [-0.05, 0) is 56.7 Å². The second kappa shape index (κ2) is 10.4. The van der Waals surface area contributed by atoms with Gasteiger partial charge in [-0.25, -0.2) is 13.2 Å². The molecule has 1 aromatic rings. The average molecular weight is 437 g/mol. The van der Waals surface area contributed by atoms with Crippen LogP contribution in [-0.2, 0) is 19.6 Å². The van der Waals surface area contributed by atoms with Crippen LogP contribution in [0.4, 0.5) is 0 Å². The maximum Gasteiger partial charge on any atom is 0.338 e. The van der Waals surface area contributed by atoms with E-state index in [0.29, 0.717) is 25.6 Å². The quantitative estimate of drug-likeness (QED) is 0.663. The molecule has 2 fully saturated rings. The van der Waals surface area contributed by atoms with E-state index in [9.17, 15) is 18.0 Å². The lowest BCUT2D eigenvalue weighted by Crippen LogP contribution is -2.38. The largest absolute Gasteiger partial charge is 0.449 e. The minimum absolute atomic E-state index is 0.0771. The van der Waals surface area contributed by atoms with Gasteiger partial charge in [0.15, 0.2) is 6.10 Å². The smallest absolute Gasteiger partial charge is 0.338 e. The molecule has 0 radical (unpaired) electrons. The van der Waals surface area contributed by atoms with E-state index >= 15 is 0 Å². The predicted molar refractivity (Wildman–Crippen MR) is 114 cm³/mol. The molecule has 0 aromatic heterocycles. The highest BCUT2D eigenvalue weighted by molar-refractivity contribution is 7.89. The van der Waals surface area contributed by atoms with E-state index in [1.807, 2.05) is 0 Å². The minimum atomic E-state index is -3.64. The SMILES string of the molecule is C[C@@H](OC(=O)c1cccc(S(=O)(=O)N2CCCCC2)c1)C(=O)NCC1CCCCC1. The fourth-order valence-corrected chi connectivity index (χ4v) is 5.66. The van der Waals surface area contributed by atoms with Crippen molar-refractivity contribution in [3.8, 4) is 0 Å². The van der Waals surface area contributed by atoms with Crippen molar-refractivity contribution in [3.63, 3.8) is 0 Å². The molecule has 1 amide bonds. The van der Waals surface area contributed by atoms with E-state index in [4.69, 9.17) is 4.74 Å². The number of rotatable bonds is 7. The van der Waals surface area contributed by atoms with Gasteiger partial charge in [-0.2, -0.15) is 4.31 Å². The molecule has 3 rings (SSSR count). The van der Waals surface area contributed by atoms with Gasteiger partial charge in [0.05, 0.1) is 10.5 Å². The maximum absolute atomic E-state index is 12.8. The Bertz CT molecular complexity index is 843. The van der Waals surface area contributed by atoms with E-state index < -0.39 is 22.1 Å². The molecule has 0 bridgehead atoms. The molecule has 8 heteroatoms. The number of amides is 1. The first-order valence-electron chi connectivity index (χ1n) is 11.0. The molecule has 2 aliphatic rings. The van der Waals surface area contributed by atoms with Crippen LogP contribution in [0.15, 0.2) is 29.2 Å². The van der Waals surface area contributed by atoms with Crippen molar-refractivity contribution in [2.75, 3.05) is 19.6 Å². The number of hydrogen-bond donors (Lipinski definition) is 1. The summed E-state index contributed by atoms with van der Waals surface area (Å²) in [5, 5.41) is 2.87. The molecule has 1 saturated carbocycles.